The van der Waals surface area contributed by atoms with Crippen LogP contribution in [0.15, 0.2) is 6.07 Å². The molecule has 3 nitrogen and oxygen atoms in total. The predicted octanol–water partition coefficient (Wildman–Crippen LogP) is 3.35. The molecule has 1 aromatic carbocycles. The van der Waals surface area contributed by atoms with Crippen molar-refractivity contribution in [3.05, 3.63) is 26.7 Å². The van der Waals surface area contributed by atoms with Crippen molar-refractivity contribution >= 4 is 40.8 Å². The number of methoxy groups -OCH3 is 1. The van der Waals surface area contributed by atoms with E-state index < -0.39 is 5.97 Å². The highest BCUT2D eigenvalue weighted by Crippen LogP contribution is 2.40. The highest BCUT2D eigenvalue weighted by molar-refractivity contribution is 6.46. The van der Waals surface area contributed by atoms with Crippen molar-refractivity contribution in [1.29, 1.82) is 0 Å². The van der Waals surface area contributed by atoms with Crippen LogP contribution in [0, 0.1) is 0 Å². The van der Waals surface area contributed by atoms with E-state index in [1.54, 1.807) is 0 Å². The Kier molecular flexibility index (Phi) is 3.48. The third-order valence-corrected chi connectivity index (χ3v) is 2.68. The average Bonchev–Trinajstić information content (AvgIpc) is 2.12. The Bertz CT molecular complexity index is 390. The van der Waals surface area contributed by atoms with Gasteiger partial charge in [0.15, 0.2) is 5.75 Å². The van der Waals surface area contributed by atoms with Crippen LogP contribution >= 0.6 is 34.8 Å². The van der Waals surface area contributed by atoms with Crippen molar-refractivity contribution in [2.45, 2.75) is 0 Å². The SMILES string of the molecule is COc1c(Cl)cc(C(=O)O)c(Cl)c1Cl. The Morgan fingerprint density at radius 2 is 1.93 bits per heavy atom. The quantitative estimate of drug-likeness (QED) is 0.824. The Balaban J connectivity index is 3.47. The van der Waals surface area contributed by atoms with Crippen molar-refractivity contribution in [2.75, 3.05) is 7.11 Å². The standard InChI is InChI=1S/C8H5Cl3O3/c1-14-7-4(9)2-3(8(12)13)5(10)6(7)11/h2H,1H3,(H,12,13). The van der Waals surface area contributed by atoms with Gasteiger partial charge in [-0.2, -0.15) is 0 Å². The lowest BCUT2D eigenvalue weighted by atomic mass is 10.2. The molecular weight excluding hydrogens is 250 g/mol. The van der Waals surface area contributed by atoms with E-state index in [1.807, 2.05) is 0 Å². The van der Waals surface area contributed by atoms with Crippen LogP contribution in [0.25, 0.3) is 0 Å². The highest BCUT2D eigenvalue weighted by Gasteiger charge is 2.18. The fraction of sp³-hybridized carbons (Fsp3) is 0.125. The first kappa shape index (κ1) is 11.4. The Hall–Kier alpha value is -0.640. The van der Waals surface area contributed by atoms with Crippen LogP contribution in [-0.2, 0) is 0 Å². The number of carboxylic acid groups (broad SMARTS) is 1. The maximum atomic E-state index is 10.7. The first-order valence-electron chi connectivity index (χ1n) is 3.43. The number of carboxylic acids is 1. The summed E-state index contributed by atoms with van der Waals surface area (Å²) in [6.45, 7) is 0. The summed E-state index contributed by atoms with van der Waals surface area (Å²) in [4.78, 5) is 10.7. The molecule has 0 spiro atoms. The second kappa shape index (κ2) is 4.26. The van der Waals surface area contributed by atoms with E-state index in [-0.39, 0.29) is 26.4 Å². The molecule has 0 aliphatic carbocycles. The molecule has 0 atom stereocenters. The second-order valence-corrected chi connectivity index (χ2v) is 3.54. The molecule has 0 bridgehead atoms. The van der Waals surface area contributed by atoms with Gasteiger partial charge < -0.3 is 9.84 Å². The Morgan fingerprint density at radius 1 is 1.36 bits per heavy atom. The monoisotopic (exact) mass is 254 g/mol. The minimum Gasteiger partial charge on any atom is -0.494 e. The summed E-state index contributed by atoms with van der Waals surface area (Å²) in [6.07, 6.45) is 0. The zero-order chi connectivity index (χ0) is 10.9. The number of hydrogen-bond acceptors (Lipinski definition) is 2. The van der Waals surface area contributed by atoms with E-state index in [4.69, 9.17) is 44.6 Å². The van der Waals surface area contributed by atoms with E-state index in [0.717, 1.165) is 0 Å². The number of aromatic carboxylic acids is 1. The van der Waals surface area contributed by atoms with Crippen LogP contribution in [0.2, 0.25) is 15.1 Å². The number of ether oxygens (including phenoxy) is 1. The lowest BCUT2D eigenvalue weighted by Crippen LogP contribution is -1.99. The molecule has 0 saturated carbocycles. The van der Waals surface area contributed by atoms with Crippen molar-refractivity contribution in [3.8, 4) is 5.75 Å². The molecule has 1 N–H and O–H groups in total. The number of carbonyl (C=O) groups is 1. The fourth-order valence-electron chi connectivity index (χ4n) is 0.921. The molecule has 0 fully saturated rings. The minimum atomic E-state index is -1.19. The summed E-state index contributed by atoms with van der Waals surface area (Å²) in [5.41, 5.74) is -0.150. The summed E-state index contributed by atoms with van der Waals surface area (Å²) in [5, 5.41) is 8.76. The summed E-state index contributed by atoms with van der Waals surface area (Å²) in [6, 6.07) is 1.19. The predicted molar refractivity (Wildman–Crippen MR) is 55.0 cm³/mol. The largest absolute Gasteiger partial charge is 0.494 e. The van der Waals surface area contributed by atoms with Crippen molar-refractivity contribution in [2.24, 2.45) is 0 Å². The molecule has 0 saturated heterocycles. The van der Waals surface area contributed by atoms with Gasteiger partial charge in [-0.25, -0.2) is 4.79 Å². The molecule has 6 heteroatoms. The lowest BCUT2D eigenvalue weighted by molar-refractivity contribution is 0.0697. The second-order valence-electron chi connectivity index (χ2n) is 2.37. The summed E-state index contributed by atoms with van der Waals surface area (Å²) in [7, 11) is 1.36. The maximum absolute atomic E-state index is 10.7. The molecule has 14 heavy (non-hydrogen) atoms. The van der Waals surface area contributed by atoms with Gasteiger partial charge in [0.2, 0.25) is 0 Å². The molecule has 0 unspecified atom stereocenters. The molecule has 0 aliphatic heterocycles. The zero-order valence-corrected chi connectivity index (χ0v) is 9.24. The fourth-order valence-corrected chi connectivity index (χ4v) is 1.75. The summed E-state index contributed by atoms with van der Waals surface area (Å²) in [5.74, 6) is -1.02. The van der Waals surface area contributed by atoms with Crippen molar-refractivity contribution < 1.29 is 14.6 Å². The normalized spacial score (nSPS) is 10.0. The molecule has 1 aromatic rings. The number of benzene rings is 1. The Labute approximate surface area is 95.1 Å². The maximum Gasteiger partial charge on any atom is 0.337 e. The summed E-state index contributed by atoms with van der Waals surface area (Å²) < 4.78 is 4.85. The number of hydrogen-bond donors (Lipinski definition) is 1. The molecule has 1 rings (SSSR count). The number of halogens is 3. The lowest BCUT2D eigenvalue weighted by Gasteiger charge is -2.08. The molecule has 0 amide bonds. The van der Waals surface area contributed by atoms with Crippen LogP contribution in [0.1, 0.15) is 10.4 Å². The smallest absolute Gasteiger partial charge is 0.337 e. The third kappa shape index (κ3) is 1.90. The van der Waals surface area contributed by atoms with Gasteiger partial charge in [-0.15, -0.1) is 0 Å². The van der Waals surface area contributed by atoms with Gasteiger partial charge in [0, 0.05) is 0 Å². The van der Waals surface area contributed by atoms with Gasteiger partial charge in [-0.3, -0.25) is 0 Å². The first-order valence-corrected chi connectivity index (χ1v) is 4.57. The zero-order valence-electron chi connectivity index (χ0n) is 6.97. The number of rotatable bonds is 2. The molecule has 0 heterocycles. The van der Waals surface area contributed by atoms with Gasteiger partial charge in [-0.1, -0.05) is 34.8 Å². The molecule has 0 radical (unpaired) electrons. The van der Waals surface area contributed by atoms with E-state index in [1.165, 1.54) is 13.2 Å². The third-order valence-electron chi connectivity index (χ3n) is 1.55. The van der Waals surface area contributed by atoms with Gasteiger partial charge in [0.1, 0.15) is 5.02 Å². The van der Waals surface area contributed by atoms with Crippen LogP contribution in [-0.4, -0.2) is 18.2 Å². The minimum absolute atomic E-state index is 0.000864. The van der Waals surface area contributed by atoms with Gasteiger partial charge in [0.05, 0.1) is 22.7 Å². The van der Waals surface area contributed by atoms with Crippen LogP contribution in [0.4, 0.5) is 0 Å². The van der Waals surface area contributed by atoms with Crippen LogP contribution in [0.3, 0.4) is 0 Å². The van der Waals surface area contributed by atoms with Gasteiger partial charge in [-0.05, 0) is 6.07 Å². The van der Waals surface area contributed by atoms with Gasteiger partial charge >= 0.3 is 5.97 Å². The summed E-state index contributed by atoms with van der Waals surface area (Å²) >= 11 is 17.2. The topological polar surface area (TPSA) is 46.5 Å². The van der Waals surface area contributed by atoms with E-state index in [9.17, 15) is 4.79 Å². The average molecular weight is 255 g/mol. The van der Waals surface area contributed by atoms with E-state index in [2.05, 4.69) is 0 Å². The van der Waals surface area contributed by atoms with E-state index in [0.29, 0.717) is 0 Å². The molecular formula is C8H5Cl3O3. The van der Waals surface area contributed by atoms with Gasteiger partial charge in [0.25, 0.3) is 0 Å². The van der Waals surface area contributed by atoms with Crippen molar-refractivity contribution in [1.82, 2.24) is 0 Å². The molecule has 0 aliphatic rings. The highest BCUT2D eigenvalue weighted by atomic mass is 35.5. The van der Waals surface area contributed by atoms with Crippen LogP contribution in [0.5, 0.6) is 5.75 Å². The Morgan fingerprint density at radius 3 is 2.36 bits per heavy atom. The van der Waals surface area contributed by atoms with Crippen molar-refractivity contribution in [3.63, 3.8) is 0 Å². The van der Waals surface area contributed by atoms with Crippen LogP contribution < -0.4 is 4.74 Å². The molecule has 76 valence electrons. The van der Waals surface area contributed by atoms with E-state index >= 15 is 0 Å². The first-order chi connectivity index (χ1) is 6.49. The molecule has 0 aromatic heterocycles.